The van der Waals surface area contributed by atoms with Crippen LogP contribution >= 0.6 is 0 Å². The molecule has 2 aromatic rings. The molecule has 0 saturated carbocycles. The van der Waals surface area contributed by atoms with Crippen molar-refractivity contribution in [2.75, 3.05) is 5.32 Å². The second-order valence-electron chi connectivity index (χ2n) is 4.45. The first-order valence-corrected chi connectivity index (χ1v) is 6.11. The van der Waals surface area contributed by atoms with Crippen LogP contribution < -0.4 is 11.1 Å². The van der Waals surface area contributed by atoms with Crippen LogP contribution in [0, 0.1) is 0 Å². The summed E-state index contributed by atoms with van der Waals surface area (Å²) in [5.74, 6) is 0.477. The SMILES string of the molecule is CC(C)n1nccc1NC(=O)c1ccnc(CN)c1. The molecule has 0 spiro atoms. The lowest BCUT2D eigenvalue weighted by atomic mass is 10.2. The smallest absolute Gasteiger partial charge is 0.256 e. The average molecular weight is 259 g/mol. The highest BCUT2D eigenvalue weighted by atomic mass is 16.1. The van der Waals surface area contributed by atoms with Crippen LogP contribution in [0.5, 0.6) is 0 Å². The molecule has 2 aromatic heterocycles. The van der Waals surface area contributed by atoms with E-state index in [9.17, 15) is 4.79 Å². The summed E-state index contributed by atoms with van der Waals surface area (Å²) < 4.78 is 1.75. The van der Waals surface area contributed by atoms with Crippen molar-refractivity contribution in [3.05, 3.63) is 41.9 Å². The molecule has 0 saturated heterocycles. The van der Waals surface area contributed by atoms with Crippen molar-refractivity contribution in [1.82, 2.24) is 14.8 Å². The number of carbonyl (C=O) groups is 1. The third kappa shape index (κ3) is 2.97. The second-order valence-corrected chi connectivity index (χ2v) is 4.45. The second kappa shape index (κ2) is 5.62. The number of carbonyl (C=O) groups excluding carboxylic acids is 1. The van der Waals surface area contributed by atoms with E-state index in [-0.39, 0.29) is 11.9 Å². The third-order valence-electron chi connectivity index (χ3n) is 2.69. The molecule has 0 aliphatic carbocycles. The zero-order valence-corrected chi connectivity index (χ0v) is 11.0. The lowest BCUT2D eigenvalue weighted by Gasteiger charge is -2.11. The van der Waals surface area contributed by atoms with Crippen LogP contribution in [-0.4, -0.2) is 20.7 Å². The maximum Gasteiger partial charge on any atom is 0.256 e. The molecule has 6 nitrogen and oxygen atoms in total. The predicted octanol–water partition coefficient (Wildman–Crippen LogP) is 1.57. The summed E-state index contributed by atoms with van der Waals surface area (Å²) in [4.78, 5) is 16.2. The van der Waals surface area contributed by atoms with Gasteiger partial charge in [-0.1, -0.05) is 0 Å². The Kier molecular flexibility index (Phi) is 3.91. The van der Waals surface area contributed by atoms with Gasteiger partial charge in [0.05, 0.1) is 11.9 Å². The van der Waals surface area contributed by atoms with Gasteiger partial charge in [-0.05, 0) is 26.0 Å². The number of nitrogens with one attached hydrogen (secondary N) is 1. The van der Waals surface area contributed by atoms with E-state index in [1.54, 1.807) is 35.3 Å². The Bertz CT molecular complexity index is 576. The largest absolute Gasteiger partial charge is 0.325 e. The van der Waals surface area contributed by atoms with E-state index < -0.39 is 0 Å². The summed E-state index contributed by atoms with van der Waals surface area (Å²) in [6, 6.07) is 5.29. The highest BCUT2D eigenvalue weighted by molar-refractivity contribution is 6.03. The van der Waals surface area contributed by atoms with E-state index in [1.165, 1.54) is 0 Å². The summed E-state index contributed by atoms with van der Waals surface area (Å²) in [5.41, 5.74) is 6.73. The molecule has 19 heavy (non-hydrogen) atoms. The monoisotopic (exact) mass is 259 g/mol. The number of hydrogen-bond donors (Lipinski definition) is 2. The molecule has 1 amide bonds. The van der Waals surface area contributed by atoms with E-state index in [2.05, 4.69) is 15.4 Å². The fraction of sp³-hybridized carbons (Fsp3) is 0.308. The maximum atomic E-state index is 12.1. The van der Waals surface area contributed by atoms with E-state index in [4.69, 9.17) is 5.73 Å². The van der Waals surface area contributed by atoms with Gasteiger partial charge in [0.1, 0.15) is 5.82 Å². The van der Waals surface area contributed by atoms with Gasteiger partial charge in [-0.25, -0.2) is 4.68 Å². The molecule has 0 aliphatic heterocycles. The van der Waals surface area contributed by atoms with E-state index in [0.29, 0.717) is 23.6 Å². The summed E-state index contributed by atoms with van der Waals surface area (Å²) >= 11 is 0. The first-order chi connectivity index (χ1) is 9.11. The highest BCUT2D eigenvalue weighted by Gasteiger charge is 2.11. The fourth-order valence-corrected chi connectivity index (χ4v) is 1.74. The lowest BCUT2D eigenvalue weighted by Crippen LogP contribution is -2.17. The van der Waals surface area contributed by atoms with E-state index in [0.717, 1.165) is 0 Å². The van der Waals surface area contributed by atoms with Crippen molar-refractivity contribution in [3.63, 3.8) is 0 Å². The number of anilines is 1. The van der Waals surface area contributed by atoms with Gasteiger partial charge in [-0.15, -0.1) is 0 Å². The van der Waals surface area contributed by atoms with Gasteiger partial charge < -0.3 is 11.1 Å². The van der Waals surface area contributed by atoms with Gasteiger partial charge in [-0.2, -0.15) is 5.10 Å². The van der Waals surface area contributed by atoms with Gasteiger partial charge in [0, 0.05) is 30.4 Å². The molecule has 0 bridgehead atoms. The highest BCUT2D eigenvalue weighted by Crippen LogP contribution is 2.14. The molecule has 0 unspecified atom stereocenters. The molecule has 0 atom stereocenters. The van der Waals surface area contributed by atoms with Gasteiger partial charge in [0.15, 0.2) is 0 Å². The Hall–Kier alpha value is -2.21. The number of pyridine rings is 1. The van der Waals surface area contributed by atoms with Crippen LogP contribution in [0.15, 0.2) is 30.6 Å². The molecule has 2 heterocycles. The number of rotatable bonds is 4. The van der Waals surface area contributed by atoms with Crippen LogP contribution in [0.4, 0.5) is 5.82 Å². The minimum Gasteiger partial charge on any atom is -0.325 e. The standard InChI is InChI=1S/C13H17N5O/c1-9(2)18-12(4-6-16-18)17-13(19)10-3-5-15-11(7-10)8-14/h3-7,9H,8,14H2,1-2H3,(H,17,19). The molecule has 0 aliphatic rings. The summed E-state index contributed by atoms with van der Waals surface area (Å²) in [5, 5.41) is 7.00. The van der Waals surface area contributed by atoms with Crippen LogP contribution in [0.25, 0.3) is 0 Å². The van der Waals surface area contributed by atoms with E-state index in [1.807, 2.05) is 13.8 Å². The van der Waals surface area contributed by atoms with Gasteiger partial charge in [-0.3, -0.25) is 9.78 Å². The van der Waals surface area contributed by atoms with Crippen molar-refractivity contribution < 1.29 is 4.79 Å². The Labute approximate surface area is 111 Å². The average Bonchev–Trinajstić information content (AvgIpc) is 2.87. The maximum absolute atomic E-state index is 12.1. The van der Waals surface area contributed by atoms with Gasteiger partial charge in [0.2, 0.25) is 0 Å². The number of amides is 1. The Morgan fingerprint density at radius 1 is 1.42 bits per heavy atom. The summed E-state index contributed by atoms with van der Waals surface area (Å²) in [6.45, 7) is 4.31. The predicted molar refractivity (Wildman–Crippen MR) is 72.7 cm³/mol. The molecular formula is C13H17N5O. The first kappa shape index (κ1) is 13.2. The zero-order chi connectivity index (χ0) is 13.8. The van der Waals surface area contributed by atoms with Gasteiger partial charge in [0.25, 0.3) is 5.91 Å². The van der Waals surface area contributed by atoms with Crippen molar-refractivity contribution in [1.29, 1.82) is 0 Å². The van der Waals surface area contributed by atoms with Crippen molar-refractivity contribution in [2.45, 2.75) is 26.4 Å². The molecule has 0 radical (unpaired) electrons. The Balaban J connectivity index is 2.18. The van der Waals surface area contributed by atoms with Crippen molar-refractivity contribution >= 4 is 11.7 Å². The molecule has 2 rings (SSSR count). The molecule has 0 fully saturated rings. The summed E-state index contributed by atoms with van der Waals surface area (Å²) in [7, 11) is 0. The Morgan fingerprint density at radius 3 is 2.89 bits per heavy atom. The first-order valence-electron chi connectivity index (χ1n) is 6.11. The Morgan fingerprint density at radius 2 is 2.21 bits per heavy atom. The van der Waals surface area contributed by atoms with Gasteiger partial charge >= 0.3 is 0 Å². The quantitative estimate of drug-likeness (QED) is 0.872. The normalized spacial score (nSPS) is 10.7. The summed E-state index contributed by atoms with van der Waals surface area (Å²) in [6.07, 6.45) is 3.24. The minimum absolute atomic E-state index is 0.183. The van der Waals surface area contributed by atoms with Crippen molar-refractivity contribution in [3.8, 4) is 0 Å². The third-order valence-corrected chi connectivity index (χ3v) is 2.69. The van der Waals surface area contributed by atoms with Crippen LogP contribution in [-0.2, 0) is 6.54 Å². The van der Waals surface area contributed by atoms with Crippen LogP contribution in [0.3, 0.4) is 0 Å². The van der Waals surface area contributed by atoms with E-state index >= 15 is 0 Å². The topological polar surface area (TPSA) is 85.8 Å². The van der Waals surface area contributed by atoms with Crippen molar-refractivity contribution in [2.24, 2.45) is 5.73 Å². The number of nitrogens with zero attached hydrogens (tertiary/aromatic N) is 3. The number of hydrogen-bond acceptors (Lipinski definition) is 4. The van der Waals surface area contributed by atoms with Crippen LogP contribution in [0.1, 0.15) is 35.9 Å². The molecule has 0 aromatic carbocycles. The minimum atomic E-state index is -0.195. The number of nitrogens with two attached hydrogens (primary N) is 1. The fourth-order valence-electron chi connectivity index (χ4n) is 1.74. The lowest BCUT2D eigenvalue weighted by molar-refractivity contribution is 0.102. The molecule has 3 N–H and O–H groups in total. The molecule has 6 heteroatoms. The molecular weight excluding hydrogens is 242 g/mol. The van der Waals surface area contributed by atoms with Crippen LogP contribution in [0.2, 0.25) is 0 Å². The zero-order valence-electron chi connectivity index (χ0n) is 11.0. The number of aromatic nitrogens is 3. The molecule has 100 valence electrons.